The second-order valence-corrected chi connectivity index (χ2v) is 8.68. The van der Waals surface area contributed by atoms with Crippen molar-refractivity contribution in [2.75, 3.05) is 5.32 Å². The number of aromatic amines is 1. The number of guanidine groups is 1. The molecule has 3 N–H and O–H groups in total. The number of nitrogens with zero attached hydrogens (tertiary/aromatic N) is 3. The number of pyridine rings is 1. The lowest BCUT2D eigenvalue weighted by Gasteiger charge is -2.10. The summed E-state index contributed by atoms with van der Waals surface area (Å²) in [6.07, 6.45) is 3.39. The van der Waals surface area contributed by atoms with Crippen LogP contribution in [0.3, 0.4) is 0 Å². The van der Waals surface area contributed by atoms with E-state index in [4.69, 9.17) is 4.74 Å². The second-order valence-electron chi connectivity index (χ2n) is 7.67. The topological polar surface area (TPSA) is 112 Å². The molecule has 3 heterocycles. The molecule has 0 fully saturated rings. The fraction of sp³-hybridized carbons (Fsp3) is 0.273. The van der Waals surface area contributed by atoms with E-state index in [0.29, 0.717) is 16.6 Å². The number of ether oxygens (including phenoxy) is 1. The summed E-state index contributed by atoms with van der Waals surface area (Å²) in [5.74, 6) is 1.10. The summed E-state index contributed by atoms with van der Waals surface area (Å²) in [6.45, 7) is 7.94. The van der Waals surface area contributed by atoms with Gasteiger partial charge in [-0.15, -0.1) is 0 Å². The van der Waals surface area contributed by atoms with Crippen LogP contribution in [0, 0.1) is 10.6 Å². The highest BCUT2D eigenvalue weighted by Crippen LogP contribution is 2.18. The molecular formula is C22H23N5O3S. The summed E-state index contributed by atoms with van der Waals surface area (Å²) in [4.78, 5) is 27.5. The predicted molar refractivity (Wildman–Crippen MR) is 121 cm³/mol. The highest BCUT2D eigenvalue weighted by Gasteiger charge is 2.16. The van der Waals surface area contributed by atoms with Crippen molar-refractivity contribution in [2.45, 2.75) is 39.8 Å². The first-order valence-corrected chi connectivity index (χ1v) is 10.7. The van der Waals surface area contributed by atoms with Crippen LogP contribution in [0.1, 0.15) is 32.6 Å². The minimum atomic E-state index is -0.303. The molecule has 0 radical (unpaired) electrons. The zero-order chi connectivity index (χ0) is 22.1. The molecule has 0 saturated carbocycles. The maximum absolute atomic E-state index is 11.4. The van der Waals surface area contributed by atoms with Gasteiger partial charge in [0.2, 0.25) is 11.8 Å². The number of aromatic hydroxyl groups is 1. The summed E-state index contributed by atoms with van der Waals surface area (Å²) in [7, 11) is 0. The molecule has 8 nitrogen and oxygen atoms in total. The molecule has 9 heteroatoms. The third-order valence-electron chi connectivity index (χ3n) is 4.32. The first-order chi connectivity index (χ1) is 14.8. The van der Waals surface area contributed by atoms with Gasteiger partial charge in [0, 0.05) is 17.5 Å². The van der Waals surface area contributed by atoms with Crippen LogP contribution < -0.4 is 25.5 Å². The van der Waals surface area contributed by atoms with Gasteiger partial charge in [-0.1, -0.05) is 17.4 Å². The third kappa shape index (κ3) is 4.66. The summed E-state index contributed by atoms with van der Waals surface area (Å²) < 4.78 is 6.01. The Bertz CT molecular complexity index is 1410. The van der Waals surface area contributed by atoms with Crippen molar-refractivity contribution < 1.29 is 9.84 Å². The van der Waals surface area contributed by atoms with E-state index in [9.17, 15) is 9.90 Å². The molecule has 160 valence electrons. The standard InChI is InChI=1S/C22H23N5O3S/c1-11(2)24-21-25-16-8-14(9-17(19(16)26-21)30-12(3)4)15-6-5-13(10-23-15)7-18-20(28)27-22(29)31-18/h5-12,28H,1-4H3,(H,24,25)(H,27,29). The fourth-order valence-electron chi connectivity index (χ4n) is 3.11. The highest BCUT2D eigenvalue weighted by atomic mass is 32.1. The summed E-state index contributed by atoms with van der Waals surface area (Å²) in [5, 5.41) is 16.2. The highest BCUT2D eigenvalue weighted by molar-refractivity contribution is 7.10. The van der Waals surface area contributed by atoms with Crippen LogP contribution in [0.25, 0.3) is 6.08 Å². The van der Waals surface area contributed by atoms with Gasteiger partial charge in [0.25, 0.3) is 0 Å². The van der Waals surface area contributed by atoms with Crippen LogP contribution in [-0.4, -0.2) is 33.2 Å². The largest absolute Gasteiger partial charge is 0.493 e. The van der Waals surface area contributed by atoms with Crippen molar-refractivity contribution in [2.24, 2.45) is 9.98 Å². The second kappa shape index (κ2) is 8.35. The van der Waals surface area contributed by atoms with Gasteiger partial charge >= 0.3 is 4.87 Å². The van der Waals surface area contributed by atoms with Crippen molar-refractivity contribution in [3.8, 4) is 11.6 Å². The Labute approximate surface area is 182 Å². The molecule has 0 amide bonds. The molecule has 0 aliphatic carbocycles. The van der Waals surface area contributed by atoms with Gasteiger partial charge in [-0.2, -0.15) is 0 Å². The monoisotopic (exact) mass is 437 g/mol. The number of aromatic nitrogens is 2. The van der Waals surface area contributed by atoms with Crippen LogP contribution in [0.4, 0.5) is 5.69 Å². The summed E-state index contributed by atoms with van der Waals surface area (Å²) >= 11 is 0.944. The minimum absolute atomic E-state index is 0.00763. The first-order valence-electron chi connectivity index (χ1n) is 9.93. The Morgan fingerprint density at radius 2 is 2.03 bits per heavy atom. The van der Waals surface area contributed by atoms with E-state index < -0.39 is 0 Å². The molecule has 0 bridgehead atoms. The molecule has 31 heavy (non-hydrogen) atoms. The molecule has 1 aliphatic rings. The predicted octanol–water partition coefficient (Wildman–Crippen LogP) is 2.25. The van der Waals surface area contributed by atoms with Crippen LogP contribution in [0.5, 0.6) is 11.6 Å². The van der Waals surface area contributed by atoms with E-state index in [1.807, 2.05) is 52.0 Å². The third-order valence-corrected chi connectivity index (χ3v) is 5.14. The molecule has 3 aromatic rings. The van der Waals surface area contributed by atoms with E-state index in [1.165, 1.54) is 0 Å². The van der Waals surface area contributed by atoms with Gasteiger partial charge in [-0.25, -0.2) is 9.98 Å². The quantitative estimate of drug-likeness (QED) is 0.580. The van der Waals surface area contributed by atoms with Crippen molar-refractivity contribution in [3.63, 3.8) is 0 Å². The first kappa shape index (κ1) is 20.8. The van der Waals surface area contributed by atoms with Crippen molar-refractivity contribution in [1.29, 1.82) is 0 Å². The van der Waals surface area contributed by atoms with E-state index in [2.05, 4.69) is 25.3 Å². The number of benzene rings is 1. The molecule has 1 aliphatic heterocycles. The maximum atomic E-state index is 11.4. The van der Waals surface area contributed by atoms with Gasteiger partial charge in [0.05, 0.1) is 22.0 Å². The lowest BCUT2D eigenvalue weighted by atomic mass is 10.2. The van der Waals surface area contributed by atoms with Gasteiger partial charge < -0.3 is 15.2 Å². The van der Waals surface area contributed by atoms with Gasteiger partial charge in [-0.05, 0) is 57.2 Å². The van der Waals surface area contributed by atoms with Crippen LogP contribution in [-0.2, 0) is 0 Å². The maximum Gasteiger partial charge on any atom is 0.307 e. The Morgan fingerprint density at radius 1 is 1.23 bits per heavy atom. The normalized spacial score (nSPS) is 15.9. The molecule has 0 atom stereocenters. The summed E-state index contributed by atoms with van der Waals surface area (Å²) in [5.41, 5.74) is 0.826. The molecule has 4 rings (SSSR count). The molecule has 2 aromatic heterocycles. The number of H-pyrrole nitrogens is 1. The van der Waals surface area contributed by atoms with E-state index >= 15 is 0 Å². The van der Waals surface area contributed by atoms with Crippen molar-refractivity contribution in [3.05, 3.63) is 66.2 Å². The van der Waals surface area contributed by atoms with Crippen LogP contribution >= 0.6 is 11.3 Å². The van der Waals surface area contributed by atoms with Crippen molar-refractivity contribution in [1.82, 2.24) is 9.97 Å². The molecular weight excluding hydrogens is 414 g/mol. The Kier molecular flexibility index (Phi) is 5.60. The number of anilines is 1. The van der Waals surface area contributed by atoms with E-state index in [0.717, 1.165) is 38.2 Å². The zero-order valence-corrected chi connectivity index (χ0v) is 18.4. The molecule has 0 spiro atoms. The molecule has 0 unspecified atom stereocenters. The Hall–Kier alpha value is -3.46. The lowest BCUT2D eigenvalue weighted by molar-refractivity contribution is 0.239. The zero-order valence-electron chi connectivity index (χ0n) is 17.6. The number of aliphatic imine (C=N–C) groups is 1. The van der Waals surface area contributed by atoms with E-state index in [1.54, 1.807) is 12.3 Å². The van der Waals surface area contributed by atoms with Gasteiger partial charge in [0.15, 0.2) is 0 Å². The summed E-state index contributed by atoms with van der Waals surface area (Å²) in [6, 6.07) is 7.79. The van der Waals surface area contributed by atoms with Crippen LogP contribution in [0.2, 0.25) is 0 Å². The van der Waals surface area contributed by atoms with Gasteiger partial charge in [-0.3, -0.25) is 14.8 Å². The Morgan fingerprint density at radius 3 is 2.65 bits per heavy atom. The lowest BCUT2D eigenvalue weighted by Crippen LogP contribution is -2.14. The molecule has 0 saturated heterocycles. The average molecular weight is 438 g/mol. The van der Waals surface area contributed by atoms with Crippen molar-refractivity contribution >= 4 is 29.1 Å². The van der Waals surface area contributed by atoms with E-state index in [-0.39, 0.29) is 22.9 Å². The Balaban J connectivity index is 1.83. The fourth-order valence-corrected chi connectivity index (χ4v) is 3.80. The number of fused-ring (bicyclic) bond motifs is 1. The number of rotatable bonds is 4. The van der Waals surface area contributed by atoms with Crippen LogP contribution in [0.15, 0.2) is 45.2 Å². The molecule has 1 aromatic carbocycles. The minimum Gasteiger partial charge on any atom is -0.493 e. The number of thiazole rings is 1. The number of hydrogen-bond acceptors (Lipinski definition) is 6. The number of nitrogens with one attached hydrogen (secondary N) is 2. The SMILES string of the molecule is CC(C)N=C1N=c2c(cc(=c3ccc(=Cc4sc(=O)[nH]c4O)cn3)cc2OC(C)C)N1. The smallest absolute Gasteiger partial charge is 0.307 e. The average Bonchev–Trinajstić information content (AvgIpc) is 3.23. The number of hydrogen-bond donors (Lipinski definition) is 3. The van der Waals surface area contributed by atoms with Gasteiger partial charge in [0.1, 0.15) is 11.1 Å².